The molecule has 3 N–H and O–H groups in total. The highest BCUT2D eigenvalue weighted by Gasteiger charge is 2.14. The Bertz CT molecular complexity index is 394. The average Bonchev–Trinajstić information content (AvgIpc) is 2.87. The van der Waals surface area contributed by atoms with Crippen molar-refractivity contribution in [2.75, 3.05) is 31.3 Å². The molecule has 6 heteroatoms. The van der Waals surface area contributed by atoms with Gasteiger partial charge >= 0.3 is 0 Å². The molecule has 106 valence electrons. The van der Waals surface area contributed by atoms with E-state index in [9.17, 15) is 0 Å². The molecule has 6 nitrogen and oxygen atoms in total. The van der Waals surface area contributed by atoms with Crippen LogP contribution in [-0.2, 0) is 16.1 Å². The molecule has 1 aromatic heterocycles. The molecule has 0 radical (unpaired) electrons. The second-order valence-electron chi connectivity index (χ2n) is 4.73. The third kappa shape index (κ3) is 4.65. The van der Waals surface area contributed by atoms with Crippen LogP contribution in [0.3, 0.4) is 0 Å². The maximum absolute atomic E-state index is 5.77. The predicted molar refractivity (Wildman–Crippen MR) is 73.9 cm³/mol. The van der Waals surface area contributed by atoms with Crippen molar-refractivity contribution in [3.05, 3.63) is 11.9 Å². The second-order valence-corrected chi connectivity index (χ2v) is 4.73. The number of ether oxygens (including phenoxy) is 2. The topological polar surface area (TPSA) is 82.3 Å². The fraction of sp³-hybridized carbons (Fsp3) is 0.692. The van der Waals surface area contributed by atoms with Crippen LogP contribution in [0.4, 0.5) is 11.6 Å². The van der Waals surface area contributed by atoms with Crippen LogP contribution in [-0.4, -0.2) is 36.3 Å². The molecule has 0 aromatic carbocycles. The van der Waals surface area contributed by atoms with Gasteiger partial charge in [-0.2, -0.15) is 0 Å². The Balaban J connectivity index is 1.75. The van der Waals surface area contributed by atoms with E-state index < -0.39 is 0 Å². The maximum atomic E-state index is 5.77. The van der Waals surface area contributed by atoms with Gasteiger partial charge in [-0.1, -0.05) is 12.8 Å². The second kappa shape index (κ2) is 7.25. The molecule has 1 fully saturated rings. The highest BCUT2D eigenvalue weighted by molar-refractivity contribution is 5.44. The molecule has 0 unspecified atom stereocenters. The first kappa shape index (κ1) is 14.0. The summed E-state index contributed by atoms with van der Waals surface area (Å²) >= 11 is 0. The molecule has 0 saturated heterocycles. The van der Waals surface area contributed by atoms with Crippen LogP contribution in [0, 0.1) is 0 Å². The number of nitrogen functional groups attached to an aromatic ring is 1. The minimum absolute atomic E-state index is 0.359. The van der Waals surface area contributed by atoms with Gasteiger partial charge in [0.2, 0.25) is 0 Å². The smallest absolute Gasteiger partial charge is 0.158 e. The van der Waals surface area contributed by atoms with Crippen LogP contribution in [0.15, 0.2) is 6.07 Å². The number of nitrogens with two attached hydrogens (primary N) is 1. The van der Waals surface area contributed by atoms with Gasteiger partial charge in [0.1, 0.15) is 18.2 Å². The van der Waals surface area contributed by atoms with Gasteiger partial charge < -0.3 is 20.5 Å². The van der Waals surface area contributed by atoms with Gasteiger partial charge in [0.15, 0.2) is 5.82 Å². The van der Waals surface area contributed by atoms with E-state index in [1.165, 1.54) is 25.7 Å². The maximum Gasteiger partial charge on any atom is 0.158 e. The minimum Gasteiger partial charge on any atom is -0.384 e. The Morgan fingerprint density at radius 1 is 1.37 bits per heavy atom. The molecule has 0 aliphatic heterocycles. The van der Waals surface area contributed by atoms with Gasteiger partial charge in [0.25, 0.3) is 0 Å². The average molecular weight is 266 g/mol. The van der Waals surface area contributed by atoms with Crippen molar-refractivity contribution in [1.29, 1.82) is 0 Å². The highest BCUT2D eigenvalue weighted by atomic mass is 16.5. The molecular weight excluding hydrogens is 244 g/mol. The summed E-state index contributed by atoms with van der Waals surface area (Å²) < 4.78 is 10.8. The Kier molecular flexibility index (Phi) is 5.35. The molecule has 1 heterocycles. The molecule has 0 atom stereocenters. The van der Waals surface area contributed by atoms with Crippen LogP contribution in [0.1, 0.15) is 31.5 Å². The van der Waals surface area contributed by atoms with Gasteiger partial charge in [-0.15, -0.1) is 0 Å². The van der Waals surface area contributed by atoms with E-state index >= 15 is 0 Å². The predicted octanol–water partition coefficient (Wildman–Crippen LogP) is 1.58. The van der Waals surface area contributed by atoms with Crippen molar-refractivity contribution in [2.45, 2.75) is 38.4 Å². The SMILES string of the molecule is COCc1nc(N)cc(NCCOC2CCCC2)n1. The normalized spacial score (nSPS) is 15.8. The van der Waals surface area contributed by atoms with Crippen molar-refractivity contribution in [2.24, 2.45) is 0 Å². The lowest BCUT2D eigenvalue weighted by Gasteiger charge is -2.12. The lowest BCUT2D eigenvalue weighted by atomic mass is 10.3. The van der Waals surface area contributed by atoms with Gasteiger partial charge in [-0.25, -0.2) is 9.97 Å². The zero-order chi connectivity index (χ0) is 13.5. The monoisotopic (exact) mass is 266 g/mol. The fourth-order valence-corrected chi connectivity index (χ4v) is 2.26. The summed E-state index contributed by atoms with van der Waals surface area (Å²) in [6.45, 7) is 1.77. The minimum atomic E-state index is 0.359. The number of hydrogen-bond acceptors (Lipinski definition) is 6. The summed E-state index contributed by atoms with van der Waals surface area (Å²) in [4.78, 5) is 8.40. The summed E-state index contributed by atoms with van der Waals surface area (Å²) in [5, 5.41) is 3.20. The molecule has 2 rings (SSSR count). The Morgan fingerprint density at radius 2 is 2.16 bits per heavy atom. The molecule has 19 heavy (non-hydrogen) atoms. The Morgan fingerprint density at radius 3 is 2.89 bits per heavy atom. The third-order valence-corrected chi connectivity index (χ3v) is 3.13. The van der Waals surface area contributed by atoms with Gasteiger partial charge in [-0.05, 0) is 12.8 Å². The van der Waals surface area contributed by atoms with Crippen LogP contribution in [0.2, 0.25) is 0 Å². The molecular formula is C13H22N4O2. The van der Waals surface area contributed by atoms with Crippen LogP contribution >= 0.6 is 0 Å². The fourth-order valence-electron chi connectivity index (χ4n) is 2.26. The largest absolute Gasteiger partial charge is 0.384 e. The number of aromatic nitrogens is 2. The van der Waals surface area contributed by atoms with Crippen molar-refractivity contribution >= 4 is 11.6 Å². The van der Waals surface area contributed by atoms with Gasteiger partial charge in [-0.3, -0.25) is 0 Å². The van der Waals surface area contributed by atoms with Gasteiger partial charge in [0.05, 0.1) is 12.7 Å². The first-order valence-electron chi connectivity index (χ1n) is 6.76. The molecule has 1 saturated carbocycles. The van der Waals surface area contributed by atoms with Crippen LogP contribution in [0.25, 0.3) is 0 Å². The summed E-state index contributed by atoms with van der Waals surface area (Å²) in [6.07, 6.45) is 5.42. The summed E-state index contributed by atoms with van der Waals surface area (Å²) in [5.74, 6) is 1.75. The summed E-state index contributed by atoms with van der Waals surface area (Å²) in [5.41, 5.74) is 5.72. The molecule has 0 spiro atoms. The number of rotatable bonds is 7. The lowest BCUT2D eigenvalue weighted by molar-refractivity contribution is 0.0658. The number of hydrogen-bond donors (Lipinski definition) is 2. The van der Waals surface area contributed by atoms with Crippen molar-refractivity contribution in [1.82, 2.24) is 9.97 Å². The lowest BCUT2D eigenvalue weighted by Crippen LogP contribution is -2.16. The molecule has 1 aliphatic carbocycles. The van der Waals surface area contributed by atoms with Crippen LogP contribution < -0.4 is 11.1 Å². The Hall–Kier alpha value is -1.40. The summed E-state index contributed by atoms with van der Waals surface area (Å²) in [7, 11) is 1.61. The van der Waals surface area contributed by atoms with Crippen molar-refractivity contribution < 1.29 is 9.47 Å². The Labute approximate surface area is 113 Å². The van der Waals surface area contributed by atoms with E-state index in [-0.39, 0.29) is 0 Å². The van der Waals surface area contributed by atoms with Gasteiger partial charge in [0, 0.05) is 19.7 Å². The van der Waals surface area contributed by atoms with Crippen molar-refractivity contribution in [3.8, 4) is 0 Å². The van der Waals surface area contributed by atoms with E-state index in [0.29, 0.717) is 31.0 Å². The molecule has 0 amide bonds. The van der Waals surface area contributed by atoms with E-state index in [1.54, 1.807) is 13.2 Å². The zero-order valence-corrected chi connectivity index (χ0v) is 11.4. The molecule has 1 aliphatic rings. The standard InChI is InChI=1S/C13H22N4O2/c1-18-9-13-16-11(14)8-12(17-13)15-6-7-19-10-4-2-3-5-10/h8,10H,2-7,9H2,1H3,(H3,14,15,16,17). The van der Waals surface area contributed by atoms with E-state index in [4.69, 9.17) is 15.2 Å². The number of nitrogens with one attached hydrogen (secondary N) is 1. The first-order chi connectivity index (χ1) is 9.28. The van der Waals surface area contributed by atoms with E-state index in [2.05, 4.69) is 15.3 Å². The molecule has 1 aromatic rings. The van der Waals surface area contributed by atoms with E-state index in [0.717, 1.165) is 12.4 Å². The number of anilines is 2. The summed E-state index contributed by atoms with van der Waals surface area (Å²) in [6, 6.07) is 1.72. The molecule has 0 bridgehead atoms. The number of methoxy groups -OCH3 is 1. The van der Waals surface area contributed by atoms with E-state index in [1.807, 2.05) is 0 Å². The number of nitrogens with zero attached hydrogens (tertiary/aromatic N) is 2. The van der Waals surface area contributed by atoms with Crippen LogP contribution in [0.5, 0.6) is 0 Å². The van der Waals surface area contributed by atoms with Crippen molar-refractivity contribution in [3.63, 3.8) is 0 Å². The first-order valence-corrected chi connectivity index (χ1v) is 6.76. The highest BCUT2D eigenvalue weighted by Crippen LogP contribution is 2.20. The third-order valence-electron chi connectivity index (χ3n) is 3.13. The zero-order valence-electron chi connectivity index (χ0n) is 11.4. The quantitative estimate of drug-likeness (QED) is 0.729.